The van der Waals surface area contributed by atoms with Crippen molar-refractivity contribution in [2.75, 3.05) is 13.6 Å². The minimum Gasteiger partial charge on any atom is -0.320 e. The van der Waals surface area contributed by atoms with E-state index in [1.165, 1.54) is 35.7 Å². The molecule has 0 spiro atoms. The Kier molecular flexibility index (Phi) is 6.33. The zero-order valence-electron chi connectivity index (χ0n) is 5.33. The largest absolute Gasteiger partial charge is 0.320 e. The van der Waals surface area contributed by atoms with Crippen LogP contribution in [0.25, 0.3) is 0 Å². The molecular weight excluding hydrogens is 102 g/mol. The summed E-state index contributed by atoms with van der Waals surface area (Å²) in [6.07, 6.45) is 2.78. The van der Waals surface area contributed by atoms with Crippen LogP contribution >= 0.6 is 0 Å². The van der Waals surface area contributed by atoms with Gasteiger partial charge in [0.2, 0.25) is 0 Å². The van der Waals surface area contributed by atoms with Crippen LogP contribution in [-0.2, 0) is 0 Å². The molecule has 0 saturated carbocycles. The lowest BCUT2D eigenvalue weighted by molar-refractivity contribution is 0.710. The lowest BCUT2D eigenvalue weighted by Gasteiger charge is -1.93. The van der Waals surface area contributed by atoms with Gasteiger partial charge in [0.25, 0.3) is 0 Å². The van der Waals surface area contributed by atoms with E-state index >= 15 is 0 Å². The fourth-order valence-electron chi connectivity index (χ4n) is 0.552. The van der Waals surface area contributed by atoms with Gasteiger partial charge in [-0.3, -0.25) is 0 Å². The molecule has 0 aromatic heterocycles. The minimum absolute atomic E-state index is 1.20. The average Bonchev–Trinajstić information content (AvgIpc) is 1.69. The van der Waals surface area contributed by atoms with Gasteiger partial charge in [0.15, 0.2) is 0 Å². The third-order valence-corrected chi connectivity index (χ3v) is 1.74. The highest BCUT2D eigenvalue weighted by molar-refractivity contribution is 6.08. The Hall–Kier alpha value is 0.177. The van der Waals surface area contributed by atoms with Crippen LogP contribution in [0, 0.1) is 0 Å². The van der Waals surface area contributed by atoms with E-state index in [9.17, 15) is 0 Å². The molecule has 0 aromatic carbocycles. The summed E-state index contributed by atoms with van der Waals surface area (Å²) < 4.78 is 0. The number of unbranched alkanes of at least 4 members (excludes halogenated alkanes) is 1. The highest BCUT2D eigenvalue weighted by atomic mass is 28.1. The number of hydrogen-bond acceptors (Lipinski definition) is 1. The van der Waals surface area contributed by atoms with Gasteiger partial charge in [0.1, 0.15) is 0 Å². The van der Waals surface area contributed by atoms with Gasteiger partial charge >= 0.3 is 0 Å². The number of hydrogen-bond donors (Lipinski definition) is 1. The maximum atomic E-state index is 3.12. The van der Waals surface area contributed by atoms with E-state index in [2.05, 4.69) is 5.32 Å². The van der Waals surface area contributed by atoms with Gasteiger partial charge in [0, 0.05) is 10.2 Å². The monoisotopic (exact) mass is 117 g/mol. The predicted molar refractivity (Wildman–Crippen MR) is 37.9 cm³/mol. The van der Waals surface area contributed by atoms with Crippen molar-refractivity contribution in [2.45, 2.75) is 18.9 Å². The first kappa shape index (κ1) is 7.18. The van der Waals surface area contributed by atoms with Crippen molar-refractivity contribution in [2.24, 2.45) is 0 Å². The Morgan fingerprint density at radius 3 is 2.57 bits per heavy atom. The molecule has 0 atom stereocenters. The molecular formula is C5H15NSi. The molecule has 0 heterocycles. The van der Waals surface area contributed by atoms with Crippen LogP contribution < -0.4 is 5.32 Å². The summed E-state index contributed by atoms with van der Waals surface area (Å²) in [5.41, 5.74) is 0. The van der Waals surface area contributed by atoms with E-state index in [0.29, 0.717) is 0 Å². The highest BCUT2D eigenvalue weighted by Crippen LogP contribution is 1.88. The standard InChI is InChI=1S/C5H15NSi/c1-6-4-2-3-5-7/h6H,2-5H2,1,7H3. The molecule has 1 nitrogen and oxygen atoms in total. The molecule has 2 heteroatoms. The Labute approximate surface area is 48.9 Å². The van der Waals surface area contributed by atoms with Gasteiger partial charge in [-0.05, 0) is 20.0 Å². The maximum absolute atomic E-state index is 3.12. The topological polar surface area (TPSA) is 12.0 Å². The van der Waals surface area contributed by atoms with Crippen LogP contribution in [0.15, 0.2) is 0 Å². The fraction of sp³-hybridized carbons (Fsp3) is 1.00. The van der Waals surface area contributed by atoms with Crippen LogP contribution in [0.5, 0.6) is 0 Å². The number of rotatable bonds is 4. The molecule has 0 amide bonds. The summed E-state index contributed by atoms with van der Waals surface area (Å²) in [6.45, 7) is 1.20. The van der Waals surface area contributed by atoms with Gasteiger partial charge < -0.3 is 5.32 Å². The second-order valence-corrected chi connectivity index (χ2v) is 2.81. The Morgan fingerprint density at radius 1 is 1.43 bits per heavy atom. The van der Waals surface area contributed by atoms with Crippen molar-refractivity contribution >= 4 is 10.2 Å². The second kappa shape index (κ2) is 6.18. The molecule has 0 saturated heterocycles. The van der Waals surface area contributed by atoms with Gasteiger partial charge in [-0.2, -0.15) is 0 Å². The van der Waals surface area contributed by atoms with E-state index < -0.39 is 0 Å². The number of nitrogens with one attached hydrogen (secondary N) is 1. The lowest BCUT2D eigenvalue weighted by Crippen LogP contribution is -2.06. The predicted octanol–water partition coefficient (Wildman–Crippen LogP) is -0.230. The van der Waals surface area contributed by atoms with E-state index in [4.69, 9.17) is 0 Å². The van der Waals surface area contributed by atoms with Crippen molar-refractivity contribution in [3.8, 4) is 0 Å². The first-order valence-corrected chi connectivity index (χ1v) is 4.47. The van der Waals surface area contributed by atoms with E-state index in [0.717, 1.165) is 0 Å². The molecule has 0 radical (unpaired) electrons. The molecule has 0 aliphatic heterocycles. The summed E-state index contributed by atoms with van der Waals surface area (Å²) in [4.78, 5) is 0. The molecule has 7 heavy (non-hydrogen) atoms. The van der Waals surface area contributed by atoms with Crippen LogP contribution in [-0.4, -0.2) is 23.8 Å². The SMILES string of the molecule is CNCCCC[SiH3]. The Morgan fingerprint density at radius 2 is 2.14 bits per heavy atom. The minimum atomic E-state index is 1.20. The summed E-state index contributed by atoms with van der Waals surface area (Å²) in [6, 6.07) is 1.46. The quantitative estimate of drug-likeness (QED) is 0.396. The smallest absolute Gasteiger partial charge is 0.00279 e. The molecule has 0 fully saturated rings. The van der Waals surface area contributed by atoms with E-state index in [1.54, 1.807) is 0 Å². The van der Waals surface area contributed by atoms with Crippen LogP contribution in [0.4, 0.5) is 0 Å². The van der Waals surface area contributed by atoms with Crippen molar-refractivity contribution in [1.82, 2.24) is 5.32 Å². The van der Waals surface area contributed by atoms with Gasteiger partial charge in [0.05, 0.1) is 0 Å². The van der Waals surface area contributed by atoms with Gasteiger partial charge in [-0.25, -0.2) is 0 Å². The van der Waals surface area contributed by atoms with E-state index in [-0.39, 0.29) is 0 Å². The zero-order chi connectivity index (χ0) is 5.54. The van der Waals surface area contributed by atoms with Crippen LogP contribution in [0.1, 0.15) is 12.8 Å². The zero-order valence-corrected chi connectivity index (χ0v) is 7.33. The molecule has 0 aliphatic carbocycles. The molecule has 1 N–H and O–H groups in total. The van der Waals surface area contributed by atoms with Crippen LogP contribution in [0.2, 0.25) is 6.04 Å². The Bertz CT molecular complexity index is 27.3. The van der Waals surface area contributed by atoms with Crippen molar-refractivity contribution in [3.05, 3.63) is 0 Å². The molecule has 0 aliphatic rings. The van der Waals surface area contributed by atoms with E-state index in [1.807, 2.05) is 7.05 Å². The Balaban J connectivity index is 2.45. The molecule has 44 valence electrons. The average molecular weight is 117 g/mol. The van der Waals surface area contributed by atoms with Crippen molar-refractivity contribution in [1.29, 1.82) is 0 Å². The first-order chi connectivity index (χ1) is 3.41. The molecule has 0 rings (SSSR count). The van der Waals surface area contributed by atoms with Gasteiger partial charge in [-0.1, -0.05) is 12.5 Å². The second-order valence-electron chi connectivity index (χ2n) is 1.81. The normalized spacial score (nSPS) is 9.86. The maximum Gasteiger partial charge on any atom is 0.00279 e. The molecule has 0 unspecified atom stereocenters. The third-order valence-electron chi connectivity index (χ3n) is 1.03. The summed E-state index contributed by atoms with van der Waals surface area (Å²) in [7, 11) is 3.39. The lowest BCUT2D eigenvalue weighted by atomic mass is 10.3. The summed E-state index contributed by atoms with van der Waals surface area (Å²) in [5, 5.41) is 3.12. The fourth-order valence-corrected chi connectivity index (χ4v) is 1.05. The summed E-state index contributed by atoms with van der Waals surface area (Å²) >= 11 is 0. The first-order valence-electron chi connectivity index (χ1n) is 3.06. The van der Waals surface area contributed by atoms with Crippen molar-refractivity contribution < 1.29 is 0 Å². The molecule has 0 aromatic rings. The van der Waals surface area contributed by atoms with Crippen LogP contribution in [0.3, 0.4) is 0 Å². The van der Waals surface area contributed by atoms with Crippen molar-refractivity contribution in [3.63, 3.8) is 0 Å². The van der Waals surface area contributed by atoms with Gasteiger partial charge in [-0.15, -0.1) is 0 Å². The summed E-state index contributed by atoms with van der Waals surface area (Å²) in [5.74, 6) is 0. The third kappa shape index (κ3) is 6.18. The highest BCUT2D eigenvalue weighted by Gasteiger charge is 1.78. The molecule has 0 bridgehead atoms.